The van der Waals surface area contributed by atoms with Gasteiger partial charge in [0.25, 0.3) is 5.91 Å². The third-order valence-electron chi connectivity index (χ3n) is 5.14. The maximum Gasteiger partial charge on any atom is 0.267 e. The highest BCUT2D eigenvalue weighted by Gasteiger charge is 2.30. The average molecular weight is 410 g/mol. The van der Waals surface area contributed by atoms with Crippen molar-refractivity contribution in [3.05, 3.63) is 51.7 Å². The number of hydrogen-bond donors (Lipinski definition) is 2. The van der Waals surface area contributed by atoms with E-state index in [2.05, 4.69) is 33.8 Å². The molecule has 0 saturated heterocycles. The van der Waals surface area contributed by atoms with Crippen LogP contribution in [-0.4, -0.2) is 16.8 Å². The van der Waals surface area contributed by atoms with Crippen LogP contribution in [0, 0.1) is 5.92 Å². The van der Waals surface area contributed by atoms with Crippen molar-refractivity contribution in [2.24, 2.45) is 5.92 Å². The Hall–Kier alpha value is -2.51. The molecular formula is C21H19N3O2S2. The van der Waals surface area contributed by atoms with E-state index >= 15 is 0 Å². The fourth-order valence-corrected chi connectivity index (χ4v) is 4.97. The largest absolute Gasteiger partial charge is 0.317 e. The molecule has 1 saturated carbocycles. The van der Waals surface area contributed by atoms with E-state index in [-0.39, 0.29) is 17.7 Å². The summed E-state index contributed by atoms with van der Waals surface area (Å²) in [6.45, 7) is 0. The minimum Gasteiger partial charge on any atom is -0.317 e. The number of carbonyl (C=O) groups excluding carboxylic acids is 2. The lowest BCUT2D eigenvalue weighted by Crippen LogP contribution is -2.12. The summed E-state index contributed by atoms with van der Waals surface area (Å²) in [5.74, 6) is -0.00757. The molecule has 2 N–H and O–H groups in total. The van der Waals surface area contributed by atoms with Gasteiger partial charge in [-0.05, 0) is 61.4 Å². The first kappa shape index (κ1) is 17.6. The highest BCUT2D eigenvalue weighted by atomic mass is 32.1. The van der Waals surface area contributed by atoms with Gasteiger partial charge >= 0.3 is 0 Å². The highest BCUT2D eigenvalue weighted by Crippen LogP contribution is 2.33. The molecule has 0 atom stereocenters. The van der Waals surface area contributed by atoms with Crippen LogP contribution in [0.15, 0.2) is 35.7 Å². The van der Waals surface area contributed by atoms with E-state index in [1.165, 1.54) is 40.2 Å². The lowest BCUT2D eigenvalue weighted by molar-refractivity contribution is -0.117. The van der Waals surface area contributed by atoms with E-state index in [0.29, 0.717) is 15.0 Å². The quantitative estimate of drug-likeness (QED) is 0.626. The van der Waals surface area contributed by atoms with Crippen LogP contribution in [0.5, 0.6) is 0 Å². The molecule has 142 valence electrons. The van der Waals surface area contributed by atoms with Crippen molar-refractivity contribution in [2.75, 3.05) is 10.6 Å². The molecule has 2 heterocycles. The Balaban J connectivity index is 1.26. The van der Waals surface area contributed by atoms with Gasteiger partial charge in [0.05, 0.1) is 15.6 Å². The molecule has 0 unspecified atom stereocenters. The van der Waals surface area contributed by atoms with Crippen LogP contribution in [0.2, 0.25) is 0 Å². The number of amides is 2. The standard InChI is InChI=1S/C21H19N3O2S2/c25-19(13-5-6-13)23-18-9-8-17(28-18)20(26)24-21-22-16(11-27-21)15-7-4-12-2-1-3-14(12)10-15/h4,7-11,13H,1-3,5-6H2,(H,23,25)(H,22,24,26). The molecule has 1 fully saturated rings. The van der Waals surface area contributed by atoms with Crippen molar-refractivity contribution in [1.29, 1.82) is 0 Å². The second-order valence-electron chi connectivity index (χ2n) is 7.26. The summed E-state index contributed by atoms with van der Waals surface area (Å²) in [4.78, 5) is 29.5. The summed E-state index contributed by atoms with van der Waals surface area (Å²) in [7, 11) is 0. The van der Waals surface area contributed by atoms with E-state index in [0.717, 1.165) is 36.9 Å². The van der Waals surface area contributed by atoms with Gasteiger partial charge in [-0.25, -0.2) is 4.98 Å². The van der Waals surface area contributed by atoms with Gasteiger partial charge in [0.2, 0.25) is 5.91 Å². The van der Waals surface area contributed by atoms with Crippen LogP contribution in [0.25, 0.3) is 11.3 Å². The third kappa shape index (κ3) is 3.59. The Kier molecular flexibility index (Phi) is 4.49. The molecule has 2 aliphatic rings. The number of nitrogens with one attached hydrogen (secondary N) is 2. The molecule has 7 heteroatoms. The SMILES string of the molecule is O=C(Nc1nc(-c2ccc3c(c2)CCC3)cs1)c1ccc(NC(=O)C2CC2)s1. The zero-order chi connectivity index (χ0) is 19.1. The molecule has 0 aliphatic heterocycles. The van der Waals surface area contributed by atoms with Crippen LogP contribution in [-0.2, 0) is 17.6 Å². The Bertz CT molecular complexity index is 1070. The van der Waals surface area contributed by atoms with Crippen molar-refractivity contribution in [3.63, 3.8) is 0 Å². The summed E-state index contributed by atoms with van der Waals surface area (Å²) >= 11 is 2.71. The molecule has 0 radical (unpaired) electrons. The van der Waals surface area contributed by atoms with Crippen molar-refractivity contribution >= 4 is 44.6 Å². The molecule has 2 aliphatic carbocycles. The predicted molar refractivity (Wildman–Crippen MR) is 113 cm³/mol. The number of thiazole rings is 1. The highest BCUT2D eigenvalue weighted by molar-refractivity contribution is 7.18. The number of fused-ring (bicyclic) bond motifs is 1. The zero-order valence-electron chi connectivity index (χ0n) is 15.2. The van der Waals surface area contributed by atoms with E-state index in [1.54, 1.807) is 12.1 Å². The normalized spacial score (nSPS) is 15.3. The summed E-state index contributed by atoms with van der Waals surface area (Å²) in [6, 6.07) is 10.0. The van der Waals surface area contributed by atoms with Gasteiger partial charge in [0, 0.05) is 16.9 Å². The molecule has 1 aromatic carbocycles. The number of anilines is 2. The van der Waals surface area contributed by atoms with E-state index < -0.39 is 0 Å². The lowest BCUT2D eigenvalue weighted by Gasteiger charge is -2.02. The van der Waals surface area contributed by atoms with Gasteiger partial charge in [-0.15, -0.1) is 22.7 Å². The van der Waals surface area contributed by atoms with Gasteiger partial charge in [0.15, 0.2) is 5.13 Å². The van der Waals surface area contributed by atoms with Crippen LogP contribution < -0.4 is 10.6 Å². The molecule has 5 rings (SSSR count). The van der Waals surface area contributed by atoms with E-state index in [9.17, 15) is 9.59 Å². The number of thiophene rings is 1. The number of carbonyl (C=O) groups is 2. The molecule has 5 nitrogen and oxygen atoms in total. The monoisotopic (exact) mass is 409 g/mol. The number of rotatable bonds is 5. The fourth-order valence-electron chi connectivity index (χ4n) is 3.45. The number of nitrogens with zero attached hydrogens (tertiary/aromatic N) is 1. The maximum atomic E-state index is 12.5. The average Bonchev–Trinajstić information content (AvgIpc) is 3.08. The van der Waals surface area contributed by atoms with Crippen LogP contribution >= 0.6 is 22.7 Å². The molecule has 2 amide bonds. The Morgan fingerprint density at radius 3 is 2.75 bits per heavy atom. The number of benzene rings is 1. The van der Waals surface area contributed by atoms with Crippen molar-refractivity contribution in [2.45, 2.75) is 32.1 Å². The predicted octanol–water partition coefficient (Wildman–Crippen LogP) is 4.96. The molecular weight excluding hydrogens is 390 g/mol. The van der Waals surface area contributed by atoms with Crippen molar-refractivity contribution in [1.82, 2.24) is 4.98 Å². The molecule has 0 bridgehead atoms. The van der Waals surface area contributed by atoms with E-state index in [1.807, 2.05) is 5.38 Å². The number of aromatic nitrogens is 1. The van der Waals surface area contributed by atoms with Gasteiger partial charge in [0.1, 0.15) is 0 Å². The maximum absolute atomic E-state index is 12.5. The van der Waals surface area contributed by atoms with E-state index in [4.69, 9.17) is 0 Å². The zero-order valence-corrected chi connectivity index (χ0v) is 16.8. The van der Waals surface area contributed by atoms with Crippen LogP contribution in [0.1, 0.15) is 40.1 Å². The number of hydrogen-bond acceptors (Lipinski definition) is 5. The first-order valence-corrected chi connectivity index (χ1v) is 11.1. The molecule has 2 aromatic heterocycles. The smallest absolute Gasteiger partial charge is 0.267 e. The van der Waals surface area contributed by atoms with Crippen molar-refractivity contribution in [3.8, 4) is 11.3 Å². The second kappa shape index (κ2) is 7.14. The fraction of sp³-hybridized carbons (Fsp3) is 0.286. The third-order valence-corrected chi connectivity index (χ3v) is 6.90. The van der Waals surface area contributed by atoms with Crippen molar-refractivity contribution < 1.29 is 9.59 Å². The Morgan fingerprint density at radius 1 is 1.04 bits per heavy atom. The van der Waals surface area contributed by atoms with Gasteiger partial charge in [-0.3, -0.25) is 14.9 Å². The van der Waals surface area contributed by atoms with Crippen LogP contribution in [0.3, 0.4) is 0 Å². The first-order valence-electron chi connectivity index (χ1n) is 9.45. The number of aryl methyl sites for hydroxylation is 2. The summed E-state index contributed by atoms with van der Waals surface area (Å²) in [5, 5.41) is 9.01. The summed E-state index contributed by atoms with van der Waals surface area (Å²) in [6.07, 6.45) is 5.44. The summed E-state index contributed by atoms with van der Waals surface area (Å²) < 4.78 is 0. The van der Waals surface area contributed by atoms with Gasteiger partial charge < -0.3 is 5.32 Å². The first-order chi connectivity index (χ1) is 13.7. The van der Waals surface area contributed by atoms with Gasteiger partial charge in [-0.2, -0.15) is 0 Å². The second-order valence-corrected chi connectivity index (χ2v) is 9.20. The Labute approximate surface area is 170 Å². The van der Waals surface area contributed by atoms with Gasteiger partial charge in [-0.1, -0.05) is 12.1 Å². The topological polar surface area (TPSA) is 71.1 Å². The minimum atomic E-state index is -0.202. The minimum absolute atomic E-state index is 0.0488. The lowest BCUT2D eigenvalue weighted by atomic mass is 10.1. The molecule has 3 aromatic rings. The molecule has 28 heavy (non-hydrogen) atoms. The van der Waals surface area contributed by atoms with Crippen LogP contribution in [0.4, 0.5) is 10.1 Å². The Morgan fingerprint density at radius 2 is 1.89 bits per heavy atom. The molecule has 0 spiro atoms. The summed E-state index contributed by atoms with van der Waals surface area (Å²) in [5.41, 5.74) is 4.84.